The summed E-state index contributed by atoms with van der Waals surface area (Å²) < 4.78 is 0. The molecule has 1 aromatic heterocycles. The van der Waals surface area contributed by atoms with Crippen molar-refractivity contribution in [3.8, 4) is 0 Å². The third-order valence-corrected chi connectivity index (χ3v) is 3.77. The van der Waals surface area contributed by atoms with Gasteiger partial charge in [0.05, 0.1) is 15.7 Å². The van der Waals surface area contributed by atoms with Crippen molar-refractivity contribution in [2.45, 2.75) is 16.5 Å². The Labute approximate surface area is 114 Å². The van der Waals surface area contributed by atoms with Crippen LogP contribution in [-0.2, 0) is 6.54 Å². The average Bonchev–Trinajstić information content (AvgIpc) is 2.34. The van der Waals surface area contributed by atoms with Gasteiger partial charge in [0.15, 0.2) is 0 Å². The first-order valence-electron chi connectivity index (χ1n) is 4.98. The molecule has 0 aliphatic carbocycles. The van der Waals surface area contributed by atoms with Crippen LogP contribution >= 0.6 is 35.0 Å². The molecule has 0 atom stereocenters. The molecule has 2 nitrogen and oxygen atoms in total. The second-order valence-corrected chi connectivity index (χ2v) is 5.26. The highest BCUT2D eigenvalue weighted by Gasteiger charge is 2.03. The van der Waals surface area contributed by atoms with Gasteiger partial charge >= 0.3 is 0 Å². The molecule has 0 bridgehead atoms. The number of nitrogens with zero attached hydrogens (tertiary/aromatic N) is 1. The van der Waals surface area contributed by atoms with E-state index in [1.165, 1.54) is 11.8 Å². The minimum atomic E-state index is 0.440. The van der Waals surface area contributed by atoms with Gasteiger partial charge in [-0.2, -0.15) is 0 Å². The molecule has 0 aliphatic heterocycles. The Morgan fingerprint density at radius 2 is 1.94 bits per heavy atom. The van der Waals surface area contributed by atoms with E-state index in [2.05, 4.69) is 4.98 Å². The molecule has 0 aliphatic rings. The molecule has 0 unspecified atom stereocenters. The van der Waals surface area contributed by atoms with Crippen LogP contribution in [-0.4, -0.2) is 4.98 Å². The van der Waals surface area contributed by atoms with Crippen molar-refractivity contribution in [3.63, 3.8) is 0 Å². The molecule has 5 heteroatoms. The molecule has 0 amide bonds. The Hall–Kier alpha value is -0.740. The third kappa shape index (κ3) is 3.36. The maximum atomic E-state index is 5.95. The fourth-order valence-electron chi connectivity index (χ4n) is 1.29. The van der Waals surface area contributed by atoms with E-state index in [1.54, 1.807) is 6.07 Å². The molecule has 0 spiro atoms. The van der Waals surface area contributed by atoms with Crippen LogP contribution in [0.4, 0.5) is 0 Å². The molecule has 88 valence electrons. The zero-order valence-electron chi connectivity index (χ0n) is 8.86. The third-order valence-electron chi connectivity index (χ3n) is 2.10. The molecule has 0 radical (unpaired) electrons. The summed E-state index contributed by atoms with van der Waals surface area (Å²) in [5.41, 5.74) is 6.42. The summed E-state index contributed by atoms with van der Waals surface area (Å²) in [6.07, 6.45) is 0. The van der Waals surface area contributed by atoms with Gasteiger partial charge in [-0.1, -0.05) is 41.0 Å². The lowest BCUT2D eigenvalue weighted by atomic mass is 10.4. The van der Waals surface area contributed by atoms with Gasteiger partial charge in [-0.25, -0.2) is 4.98 Å². The van der Waals surface area contributed by atoms with E-state index in [0.29, 0.717) is 16.6 Å². The van der Waals surface area contributed by atoms with Crippen molar-refractivity contribution in [3.05, 3.63) is 52.1 Å². The van der Waals surface area contributed by atoms with E-state index in [9.17, 15) is 0 Å². The number of rotatable bonds is 3. The normalized spacial score (nSPS) is 10.5. The standard InChI is InChI=1S/C12H10Cl2N2S/c13-10-5-4-9(6-11(10)14)17-12-3-1-2-8(7-15)16-12/h1-6H,7,15H2. The lowest BCUT2D eigenvalue weighted by molar-refractivity contribution is 0.942. The van der Waals surface area contributed by atoms with E-state index in [1.807, 2.05) is 30.3 Å². The fourth-order valence-corrected chi connectivity index (χ4v) is 2.52. The number of nitrogens with two attached hydrogens (primary N) is 1. The summed E-state index contributed by atoms with van der Waals surface area (Å²) in [5, 5.41) is 2.00. The molecule has 0 fully saturated rings. The van der Waals surface area contributed by atoms with Gasteiger partial charge < -0.3 is 5.73 Å². The van der Waals surface area contributed by atoms with Crippen molar-refractivity contribution in [2.24, 2.45) is 5.73 Å². The highest BCUT2D eigenvalue weighted by molar-refractivity contribution is 7.99. The van der Waals surface area contributed by atoms with Gasteiger partial charge in [-0.15, -0.1) is 0 Å². The first kappa shape index (κ1) is 12.7. The predicted octanol–water partition coefficient (Wildman–Crippen LogP) is 4.00. The number of aromatic nitrogens is 1. The smallest absolute Gasteiger partial charge is 0.101 e. The zero-order valence-corrected chi connectivity index (χ0v) is 11.2. The minimum absolute atomic E-state index is 0.440. The highest BCUT2D eigenvalue weighted by Crippen LogP contribution is 2.31. The van der Waals surface area contributed by atoms with Gasteiger partial charge in [-0.05, 0) is 30.3 Å². The molecule has 2 N–H and O–H groups in total. The van der Waals surface area contributed by atoms with Crippen LogP contribution < -0.4 is 5.73 Å². The van der Waals surface area contributed by atoms with Gasteiger partial charge in [0.1, 0.15) is 5.03 Å². The quantitative estimate of drug-likeness (QED) is 0.926. The number of benzene rings is 1. The Kier molecular flexibility index (Phi) is 4.29. The second-order valence-electron chi connectivity index (χ2n) is 3.35. The average molecular weight is 285 g/mol. The molecular formula is C12H10Cl2N2S. The minimum Gasteiger partial charge on any atom is -0.325 e. The summed E-state index contributed by atoms with van der Waals surface area (Å²) in [6.45, 7) is 0.440. The Bertz CT molecular complexity index is 532. The Balaban J connectivity index is 2.22. The predicted molar refractivity (Wildman–Crippen MR) is 72.7 cm³/mol. The topological polar surface area (TPSA) is 38.9 Å². The van der Waals surface area contributed by atoms with Crippen LogP contribution in [0.15, 0.2) is 46.3 Å². The van der Waals surface area contributed by atoms with Crippen LogP contribution in [0.25, 0.3) is 0 Å². The number of hydrogen-bond donors (Lipinski definition) is 1. The highest BCUT2D eigenvalue weighted by atomic mass is 35.5. The van der Waals surface area contributed by atoms with Crippen molar-refractivity contribution in [1.29, 1.82) is 0 Å². The summed E-state index contributed by atoms with van der Waals surface area (Å²) >= 11 is 13.3. The van der Waals surface area contributed by atoms with Gasteiger partial charge in [0, 0.05) is 11.4 Å². The van der Waals surface area contributed by atoms with Crippen LogP contribution in [0.1, 0.15) is 5.69 Å². The van der Waals surface area contributed by atoms with E-state index in [-0.39, 0.29) is 0 Å². The lowest BCUT2D eigenvalue weighted by Crippen LogP contribution is -1.99. The molecule has 2 aromatic rings. The number of hydrogen-bond acceptors (Lipinski definition) is 3. The largest absolute Gasteiger partial charge is 0.325 e. The van der Waals surface area contributed by atoms with Crippen LogP contribution in [0, 0.1) is 0 Å². The summed E-state index contributed by atoms with van der Waals surface area (Å²) in [7, 11) is 0. The first-order valence-corrected chi connectivity index (χ1v) is 6.55. The van der Waals surface area contributed by atoms with Crippen LogP contribution in [0.5, 0.6) is 0 Å². The fraction of sp³-hybridized carbons (Fsp3) is 0.0833. The van der Waals surface area contributed by atoms with E-state index in [4.69, 9.17) is 28.9 Å². The lowest BCUT2D eigenvalue weighted by Gasteiger charge is -2.04. The SMILES string of the molecule is NCc1cccc(Sc2ccc(Cl)c(Cl)c2)n1. The molecular weight excluding hydrogens is 275 g/mol. The maximum absolute atomic E-state index is 5.95. The molecule has 17 heavy (non-hydrogen) atoms. The summed E-state index contributed by atoms with van der Waals surface area (Å²) in [6, 6.07) is 11.3. The maximum Gasteiger partial charge on any atom is 0.101 e. The summed E-state index contributed by atoms with van der Waals surface area (Å²) in [4.78, 5) is 5.40. The number of halogens is 2. The molecule has 2 rings (SSSR count). The second kappa shape index (κ2) is 5.74. The monoisotopic (exact) mass is 284 g/mol. The van der Waals surface area contributed by atoms with E-state index in [0.717, 1.165) is 15.6 Å². The van der Waals surface area contributed by atoms with Crippen LogP contribution in [0.2, 0.25) is 10.0 Å². The Morgan fingerprint density at radius 1 is 1.12 bits per heavy atom. The van der Waals surface area contributed by atoms with Gasteiger partial charge in [0.25, 0.3) is 0 Å². The Morgan fingerprint density at radius 3 is 2.65 bits per heavy atom. The van der Waals surface area contributed by atoms with E-state index < -0.39 is 0 Å². The van der Waals surface area contributed by atoms with Crippen molar-refractivity contribution >= 4 is 35.0 Å². The molecule has 0 saturated carbocycles. The van der Waals surface area contributed by atoms with E-state index >= 15 is 0 Å². The first-order chi connectivity index (χ1) is 8.19. The molecule has 1 heterocycles. The van der Waals surface area contributed by atoms with Gasteiger partial charge in [0.2, 0.25) is 0 Å². The number of pyridine rings is 1. The molecule has 1 aromatic carbocycles. The van der Waals surface area contributed by atoms with Crippen molar-refractivity contribution in [1.82, 2.24) is 4.98 Å². The van der Waals surface area contributed by atoms with Crippen LogP contribution in [0.3, 0.4) is 0 Å². The van der Waals surface area contributed by atoms with Crippen molar-refractivity contribution < 1.29 is 0 Å². The summed E-state index contributed by atoms with van der Waals surface area (Å²) in [5.74, 6) is 0. The molecule has 0 saturated heterocycles. The van der Waals surface area contributed by atoms with Gasteiger partial charge in [-0.3, -0.25) is 0 Å². The zero-order chi connectivity index (χ0) is 12.3. The van der Waals surface area contributed by atoms with Crippen molar-refractivity contribution in [2.75, 3.05) is 0 Å².